The lowest BCUT2D eigenvalue weighted by Gasteiger charge is -2.06. The number of nitrogens with zero attached hydrogens (tertiary/aromatic N) is 1. The van der Waals surface area contributed by atoms with Crippen LogP contribution in [0.15, 0.2) is 28.9 Å². The molecule has 6 heteroatoms. The number of benzene rings is 1. The molecule has 0 aliphatic rings. The Hall–Kier alpha value is -1.27. The van der Waals surface area contributed by atoms with Gasteiger partial charge in [0.25, 0.3) is 5.19 Å². The van der Waals surface area contributed by atoms with Crippen LogP contribution in [0, 0.1) is 0 Å². The summed E-state index contributed by atoms with van der Waals surface area (Å²) in [7, 11) is 1.61. The van der Waals surface area contributed by atoms with Crippen LogP contribution in [0.5, 0.6) is 16.7 Å². The van der Waals surface area contributed by atoms with Crippen molar-refractivity contribution in [2.75, 3.05) is 12.8 Å². The zero-order valence-corrected chi connectivity index (χ0v) is 10.8. The van der Waals surface area contributed by atoms with E-state index in [0.29, 0.717) is 15.9 Å². The summed E-state index contributed by atoms with van der Waals surface area (Å²) in [4.78, 5) is 4.01. The summed E-state index contributed by atoms with van der Waals surface area (Å²) in [5, 5.41) is 1.14. The van der Waals surface area contributed by atoms with Crippen LogP contribution >= 0.6 is 27.3 Å². The summed E-state index contributed by atoms with van der Waals surface area (Å²) in [6, 6.07) is 5.45. The minimum absolute atomic E-state index is 0.517. The number of anilines is 1. The minimum atomic E-state index is 0.517. The lowest BCUT2D eigenvalue weighted by Crippen LogP contribution is -1.86. The van der Waals surface area contributed by atoms with Gasteiger partial charge >= 0.3 is 0 Å². The van der Waals surface area contributed by atoms with Crippen LogP contribution < -0.4 is 15.2 Å². The van der Waals surface area contributed by atoms with Crippen LogP contribution in [-0.2, 0) is 0 Å². The topological polar surface area (TPSA) is 57.4 Å². The van der Waals surface area contributed by atoms with Crippen molar-refractivity contribution in [1.82, 2.24) is 4.98 Å². The quantitative estimate of drug-likeness (QED) is 0.945. The Morgan fingerprint density at radius 2 is 2.25 bits per heavy atom. The van der Waals surface area contributed by atoms with Gasteiger partial charge in [0, 0.05) is 0 Å². The fourth-order valence-electron chi connectivity index (χ4n) is 1.10. The first-order valence-corrected chi connectivity index (χ1v) is 6.02. The molecule has 1 aromatic carbocycles. The lowest BCUT2D eigenvalue weighted by molar-refractivity contribution is 0.412. The Labute approximate surface area is 105 Å². The number of halogens is 1. The van der Waals surface area contributed by atoms with Gasteiger partial charge in [0.1, 0.15) is 16.5 Å². The molecule has 2 N–H and O–H groups in total. The van der Waals surface area contributed by atoms with E-state index < -0.39 is 0 Å². The van der Waals surface area contributed by atoms with E-state index in [2.05, 4.69) is 20.9 Å². The van der Waals surface area contributed by atoms with E-state index in [-0.39, 0.29) is 0 Å². The molecule has 2 rings (SSSR count). The monoisotopic (exact) mass is 300 g/mol. The highest BCUT2D eigenvalue weighted by molar-refractivity contribution is 9.10. The molecule has 0 aliphatic heterocycles. The Bertz CT molecular complexity index is 501. The molecular formula is C10H9BrN2O2S. The third-order valence-electron chi connectivity index (χ3n) is 1.84. The van der Waals surface area contributed by atoms with Crippen LogP contribution in [0.25, 0.3) is 0 Å². The fraction of sp³-hybridized carbons (Fsp3) is 0.100. The molecule has 0 saturated heterocycles. The van der Waals surface area contributed by atoms with Gasteiger partial charge in [0.05, 0.1) is 17.8 Å². The number of nitrogens with two attached hydrogens (primary N) is 1. The van der Waals surface area contributed by atoms with E-state index in [1.807, 2.05) is 12.1 Å². The van der Waals surface area contributed by atoms with Crippen LogP contribution in [0.2, 0.25) is 0 Å². The first-order chi connectivity index (χ1) is 7.69. The molecule has 0 bridgehead atoms. The molecule has 0 amide bonds. The third-order valence-corrected chi connectivity index (χ3v) is 3.16. The maximum Gasteiger partial charge on any atom is 0.280 e. The molecule has 0 unspecified atom stereocenters. The van der Waals surface area contributed by atoms with Gasteiger partial charge in [-0.05, 0) is 34.1 Å². The van der Waals surface area contributed by atoms with E-state index in [1.54, 1.807) is 19.4 Å². The van der Waals surface area contributed by atoms with Gasteiger partial charge in [-0.15, -0.1) is 0 Å². The summed E-state index contributed by atoms with van der Waals surface area (Å²) in [5.74, 6) is 1.44. The van der Waals surface area contributed by atoms with E-state index in [1.165, 1.54) is 11.3 Å². The number of nitrogen functional groups attached to an aromatic ring is 1. The molecule has 0 spiro atoms. The number of thiazole rings is 1. The van der Waals surface area contributed by atoms with Crippen molar-refractivity contribution < 1.29 is 9.47 Å². The maximum atomic E-state index is 5.56. The summed E-state index contributed by atoms with van der Waals surface area (Å²) in [6.07, 6.45) is 1.57. The van der Waals surface area contributed by atoms with Crippen molar-refractivity contribution in [3.63, 3.8) is 0 Å². The number of methoxy groups -OCH3 is 1. The SMILES string of the molecule is COc1ccc(Oc2ncc(N)s2)c(Br)c1. The molecular weight excluding hydrogens is 292 g/mol. The molecule has 84 valence electrons. The second-order valence-corrected chi connectivity index (χ2v) is 4.81. The molecule has 1 aromatic heterocycles. The smallest absolute Gasteiger partial charge is 0.280 e. The number of ether oxygens (including phenoxy) is 2. The Morgan fingerprint density at radius 1 is 1.44 bits per heavy atom. The van der Waals surface area contributed by atoms with Gasteiger partial charge in [-0.1, -0.05) is 11.3 Å². The Morgan fingerprint density at radius 3 is 2.81 bits per heavy atom. The second-order valence-electron chi connectivity index (χ2n) is 2.93. The zero-order chi connectivity index (χ0) is 11.5. The van der Waals surface area contributed by atoms with Gasteiger partial charge in [-0.2, -0.15) is 0 Å². The van der Waals surface area contributed by atoms with E-state index in [0.717, 1.165) is 10.2 Å². The minimum Gasteiger partial charge on any atom is -0.497 e. The second kappa shape index (κ2) is 4.71. The van der Waals surface area contributed by atoms with Gasteiger partial charge in [-0.3, -0.25) is 0 Å². The molecule has 0 radical (unpaired) electrons. The fourth-order valence-corrected chi connectivity index (χ4v) is 2.09. The number of rotatable bonds is 3. The molecule has 0 fully saturated rings. The molecule has 0 aliphatic carbocycles. The van der Waals surface area contributed by atoms with Crippen molar-refractivity contribution in [3.05, 3.63) is 28.9 Å². The molecule has 0 saturated carbocycles. The molecule has 1 heterocycles. The maximum absolute atomic E-state index is 5.56. The van der Waals surface area contributed by atoms with Crippen LogP contribution in [0.4, 0.5) is 5.00 Å². The van der Waals surface area contributed by atoms with Gasteiger partial charge < -0.3 is 15.2 Å². The van der Waals surface area contributed by atoms with E-state index in [4.69, 9.17) is 15.2 Å². The highest BCUT2D eigenvalue weighted by Gasteiger charge is 2.06. The molecule has 0 atom stereocenters. The summed E-state index contributed by atoms with van der Waals surface area (Å²) in [6.45, 7) is 0. The lowest BCUT2D eigenvalue weighted by atomic mass is 10.3. The average molecular weight is 301 g/mol. The van der Waals surface area contributed by atoms with Crippen molar-refractivity contribution in [2.24, 2.45) is 0 Å². The molecule has 2 aromatic rings. The summed E-state index contributed by atoms with van der Waals surface area (Å²) in [5.41, 5.74) is 5.56. The van der Waals surface area contributed by atoms with Crippen molar-refractivity contribution in [1.29, 1.82) is 0 Å². The highest BCUT2D eigenvalue weighted by atomic mass is 79.9. The van der Waals surface area contributed by atoms with Crippen molar-refractivity contribution in [2.45, 2.75) is 0 Å². The van der Waals surface area contributed by atoms with Gasteiger partial charge in [0.2, 0.25) is 0 Å². The number of hydrogen-bond acceptors (Lipinski definition) is 5. The molecule has 16 heavy (non-hydrogen) atoms. The van der Waals surface area contributed by atoms with E-state index in [9.17, 15) is 0 Å². The van der Waals surface area contributed by atoms with E-state index >= 15 is 0 Å². The van der Waals surface area contributed by atoms with Crippen LogP contribution in [0.3, 0.4) is 0 Å². The largest absolute Gasteiger partial charge is 0.497 e. The van der Waals surface area contributed by atoms with Gasteiger partial charge in [0.15, 0.2) is 0 Å². The number of aromatic nitrogens is 1. The predicted octanol–water partition coefficient (Wildman–Crippen LogP) is 3.29. The predicted molar refractivity (Wildman–Crippen MR) is 67.3 cm³/mol. The standard InChI is InChI=1S/C10H9BrN2O2S/c1-14-6-2-3-8(7(11)4-6)15-10-13-5-9(12)16-10/h2-5H,12H2,1H3. The third kappa shape index (κ3) is 2.45. The van der Waals surface area contributed by atoms with Crippen LogP contribution in [0.1, 0.15) is 0 Å². The Kier molecular flexibility index (Phi) is 3.31. The van der Waals surface area contributed by atoms with Gasteiger partial charge in [-0.25, -0.2) is 4.98 Å². The molecule has 4 nitrogen and oxygen atoms in total. The van der Waals surface area contributed by atoms with Crippen molar-refractivity contribution in [3.8, 4) is 16.7 Å². The Balaban J connectivity index is 2.21. The number of hydrogen-bond donors (Lipinski definition) is 1. The van der Waals surface area contributed by atoms with Crippen LogP contribution in [-0.4, -0.2) is 12.1 Å². The highest BCUT2D eigenvalue weighted by Crippen LogP contribution is 2.34. The normalized spacial score (nSPS) is 10.1. The first-order valence-electron chi connectivity index (χ1n) is 4.42. The summed E-state index contributed by atoms with van der Waals surface area (Å²) < 4.78 is 11.4. The zero-order valence-electron chi connectivity index (χ0n) is 8.44. The average Bonchev–Trinajstić information content (AvgIpc) is 2.67. The first kappa shape index (κ1) is 11.2. The summed E-state index contributed by atoms with van der Waals surface area (Å²) >= 11 is 4.69. The van der Waals surface area contributed by atoms with Crippen molar-refractivity contribution >= 4 is 32.3 Å².